The van der Waals surface area contributed by atoms with Crippen molar-refractivity contribution in [2.45, 2.75) is 45.2 Å². The second-order valence-electron chi connectivity index (χ2n) is 7.89. The van der Waals surface area contributed by atoms with Gasteiger partial charge >= 0.3 is 6.16 Å². The smallest absolute Gasteiger partial charge is 0.449 e. The highest BCUT2D eigenvalue weighted by Gasteiger charge is 2.30. The predicted molar refractivity (Wildman–Crippen MR) is 109 cm³/mol. The summed E-state index contributed by atoms with van der Waals surface area (Å²) in [6, 6.07) is 2.88. The lowest BCUT2D eigenvalue weighted by atomic mass is 10.1. The average Bonchev–Trinajstić information content (AvgIpc) is 3.54. The van der Waals surface area contributed by atoms with Gasteiger partial charge < -0.3 is 24.2 Å². The molecule has 2 fully saturated rings. The first-order valence-electron chi connectivity index (χ1n) is 10.1. The third-order valence-corrected chi connectivity index (χ3v) is 5.80. The van der Waals surface area contributed by atoms with Gasteiger partial charge in [-0.25, -0.2) is 9.18 Å². The van der Waals surface area contributed by atoms with E-state index in [0.717, 1.165) is 18.9 Å². The summed E-state index contributed by atoms with van der Waals surface area (Å²) in [7, 11) is 0. The SMILES string of the molecule is CCC(=O)N1CCN(c2cc3c(cc2F)c(=O)c(OC(=O)O)cn3C2CC2)CC1C. The van der Waals surface area contributed by atoms with E-state index >= 15 is 4.39 Å². The number of piperazine rings is 1. The van der Waals surface area contributed by atoms with Crippen LogP contribution >= 0.6 is 0 Å². The summed E-state index contributed by atoms with van der Waals surface area (Å²) >= 11 is 0. The molecule has 30 heavy (non-hydrogen) atoms. The van der Waals surface area contributed by atoms with Crippen LogP contribution in [0.1, 0.15) is 39.2 Å². The number of carbonyl (C=O) groups excluding carboxylic acids is 1. The minimum absolute atomic E-state index is 0.0572. The van der Waals surface area contributed by atoms with Crippen molar-refractivity contribution in [3.8, 4) is 5.75 Å². The van der Waals surface area contributed by atoms with Crippen LogP contribution in [0.25, 0.3) is 10.9 Å². The Balaban J connectivity index is 1.75. The van der Waals surface area contributed by atoms with Gasteiger partial charge in [-0.15, -0.1) is 0 Å². The molecule has 1 N–H and O–H groups in total. The molecular formula is C21H24FN3O5. The molecule has 0 radical (unpaired) electrons. The number of ether oxygens (including phenoxy) is 1. The van der Waals surface area contributed by atoms with Crippen molar-refractivity contribution in [3.05, 3.63) is 34.4 Å². The number of rotatable bonds is 4. The van der Waals surface area contributed by atoms with Crippen LogP contribution < -0.4 is 15.1 Å². The summed E-state index contributed by atoms with van der Waals surface area (Å²) in [5.74, 6) is -0.805. The zero-order valence-corrected chi connectivity index (χ0v) is 16.9. The van der Waals surface area contributed by atoms with E-state index in [0.29, 0.717) is 37.3 Å². The third kappa shape index (κ3) is 3.59. The van der Waals surface area contributed by atoms with Gasteiger partial charge in [-0.05, 0) is 31.9 Å². The Morgan fingerprint density at radius 3 is 2.60 bits per heavy atom. The van der Waals surface area contributed by atoms with Crippen LogP contribution in [0.4, 0.5) is 14.9 Å². The molecule has 2 heterocycles. The first-order chi connectivity index (χ1) is 14.3. The van der Waals surface area contributed by atoms with E-state index in [4.69, 9.17) is 5.11 Å². The van der Waals surface area contributed by atoms with Crippen LogP contribution in [-0.2, 0) is 4.79 Å². The highest BCUT2D eigenvalue weighted by molar-refractivity contribution is 5.85. The molecule has 1 unspecified atom stereocenters. The summed E-state index contributed by atoms with van der Waals surface area (Å²) in [5, 5.41) is 8.99. The fraction of sp³-hybridized carbons (Fsp3) is 0.476. The number of nitrogens with zero attached hydrogens (tertiary/aromatic N) is 3. The molecule has 9 heteroatoms. The summed E-state index contributed by atoms with van der Waals surface area (Å²) in [5.41, 5.74) is 0.275. The van der Waals surface area contributed by atoms with Gasteiger partial charge in [-0.2, -0.15) is 0 Å². The molecule has 2 aromatic rings. The highest BCUT2D eigenvalue weighted by atomic mass is 19.1. The number of pyridine rings is 1. The van der Waals surface area contributed by atoms with Crippen molar-refractivity contribution >= 4 is 28.7 Å². The van der Waals surface area contributed by atoms with E-state index in [9.17, 15) is 14.4 Å². The van der Waals surface area contributed by atoms with Crippen molar-refractivity contribution in [1.29, 1.82) is 0 Å². The van der Waals surface area contributed by atoms with Gasteiger partial charge in [0.25, 0.3) is 0 Å². The van der Waals surface area contributed by atoms with Crippen LogP contribution in [0.5, 0.6) is 5.75 Å². The van der Waals surface area contributed by atoms with Crippen LogP contribution in [0.3, 0.4) is 0 Å². The largest absolute Gasteiger partial charge is 0.511 e. The van der Waals surface area contributed by atoms with Gasteiger partial charge in [-0.3, -0.25) is 9.59 Å². The van der Waals surface area contributed by atoms with E-state index in [1.807, 2.05) is 23.6 Å². The monoisotopic (exact) mass is 417 g/mol. The van der Waals surface area contributed by atoms with E-state index < -0.39 is 17.4 Å². The van der Waals surface area contributed by atoms with Crippen molar-refractivity contribution in [1.82, 2.24) is 9.47 Å². The normalized spacial score (nSPS) is 19.2. The number of amides is 1. The molecule has 160 valence electrons. The molecule has 1 saturated heterocycles. The molecular weight excluding hydrogens is 393 g/mol. The molecule has 4 rings (SSSR count). The standard InChI is InChI=1S/C21H24FN3O5/c1-3-19(26)24-7-6-23(10-12(24)2)17-9-16-14(8-15(17)22)20(27)18(30-21(28)29)11-25(16)13-4-5-13/h8-9,11-13H,3-7,10H2,1-2H3,(H,28,29). The lowest BCUT2D eigenvalue weighted by Gasteiger charge is -2.41. The van der Waals surface area contributed by atoms with E-state index in [1.165, 1.54) is 6.20 Å². The van der Waals surface area contributed by atoms with E-state index in [2.05, 4.69) is 4.74 Å². The number of aromatic nitrogens is 1. The van der Waals surface area contributed by atoms with Crippen LogP contribution in [-0.4, -0.2) is 52.3 Å². The van der Waals surface area contributed by atoms with Crippen molar-refractivity contribution in [3.63, 3.8) is 0 Å². The van der Waals surface area contributed by atoms with Gasteiger partial charge in [0.2, 0.25) is 11.3 Å². The molecule has 1 aromatic heterocycles. The second kappa shape index (κ2) is 7.62. The minimum Gasteiger partial charge on any atom is -0.449 e. The van der Waals surface area contributed by atoms with Gasteiger partial charge in [0, 0.05) is 38.1 Å². The first kappa shape index (κ1) is 20.2. The number of hydrogen-bond acceptors (Lipinski definition) is 5. The van der Waals surface area contributed by atoms with Crippen LogP contribution in [0.2, 0.25) is 0 Å². The van der Waals surface area contributed by atoms with E-state index in [1.54, 1.807) is 10.6 Å². The Labute approximate surface area is 172 Å². The van der Waals surface area contributed by atoms with Crippen molar-refractivity contribution in [2.24, 2.45) is 0 Å². The summed E-state index contributed by atoms with van der Waals surface area (Å²) in [4.78, 5) is 39.4. The number of carbonyl (C=O) groups is 2. The van der Waals surface area contributed by atoms with Crippen LogP contribution in [0.15, 0.2) is 23.1 Å². The fourth-order valence-electron chi connectivity index (χ4n) is 4.15. The molecule has 1 atom stereocenters. The summed E-state index contributed by atoms with van der Waals surface area (Å²) in [6.07, 6.45) is 2.04. The maximum Gasteiger partial charge on any atom is 0.511 e. The number of fused-ring (bicyclic) bond motifs is 1. The number of hydrogen-bond donors (Lipinski definition) is 1. The molecule has 0 bridgehead atoms. The van der Waals surface area contributed by atoms with Gasteiger partial charge in [0.15, 0.2) is 5.75 Å². The molecule has 1 amide bonds. The summed E-state index contributed by atoms with van der Waals surface area (Å²) < 4.78 is 21.5. The first-order valence-corrected chi connectivity index (χ1v) is 10.1. The lowest BCUT2D eigenvalue weighted by molar-refractivity contribution is -0.133. The number of carboxylic acid groups (broad SMARTS) is 1. The molecule has 0 spiro atoms. The van der Waals surface area contributed by atoms with Gasteiger partial charge in [0.1, 0.15) is 5.82 Å². The Morgan fingerprint density at radius 1 is 1.27 bits per heavy atom. The highest BCUT2D eigenvalue weighted by Crippen LogP contribution is 2.39. The Hall–Kier alpha value is -3.10. The zero-order valence-electron chi connectivity index (χ0n) is 16.9. The molecule has 1 aliphatic heterocycles. The quantitative estimate of drug-likeness (QED) is 0.769. The second-order valence-corrected chi connectivity index (χ2v) is 7.89. The topological polar surface area (TPSA) is 92.1 Å². The average molecular weight is 417 g/mol. The lowest BCUT2D eigenvalue weighted by Crippen LogP contribution is -2.54. The maximum atomic E-state index is 15.0. The molecule has 2 aliphatic rings. The van der Waals surface area contributed by atoms with Crippen LogP contribution in [0, 0.1) is 5.82 Å². The fourth-order valence-corrected chi connectivity index (χ4v) is 4.15. The molecule has 1 saturated carbocycles. The zero-order chi connectivity index (χ0) is 21.6. The Morgan fingerprint density at radius 2 is 2.00 bits per heavy atom. The van der Waals surface area contributed by atoms with Gasteiger partial charge in [0.05, 0.1) is 22.8 Å². The number of halogens is 1. The van der Waals surface area contributed by atoms with Gasteiger partial charge in [-0.1, -0.05) is 6.92 Å². The Bertz CT molecular complexity index is 1080. The van der Waals surface area contributed by atoms with Crippen molar-refractivity contribution in [2.75, 3.05) is 24.5 Å². The maximum absolute atomic E-state index is 15.0. The van der Waals surface area contributed by atoms with Crippen molar-refractivity contribution < 1.29 is 23.8 Å². The predicted octanol–water partition coefficient (Wildman–Crippen LogP) is 2.98. The number of anilines is 1. The van der Waals surface area contributed by atoms with E-state index in [-0.39, 0.29) is 29.1 Å². The number of benzene rings is 1. The molecule has 1 aromatic carbocycles. The molecule has 1 aliphatic carbocycles. The third-order valence-electron chi connectivity index (χ3n) is 5.80. The Kier molecular flexibility index (Phi) is 5.13. The molecule has 8 nitrogen and oxygen atoms in total. The minimum atomic E-state index is -1.58. The summed E-state index contributed by atoms with van der Waals surface area (Å²) in [6.45, 7) is 5.25.